The fourth-order valence-corrected chi connectivity index (χ4v) is 4.44. The first-order chi connectivity index (χ1) is 13.2. The molecule has 1 N–H and O–H groups in total. The molecule has 0 unspecified atom stereocenters. The number of halogens is 1. The van der Waals surface area contributed by atoms with E-state index < -0.39 is 16.1 Å². The van der Waals surface area contributed by atoms with Crippen LogP contribution in [0.5, 0.6) is 5.75 Å². The molecule has 6 nitrogen and oxygen atoms in total. The Morgan fingerprint density at radius 3 is 2.50 bits per heavy atom. The number of carbonyl (C=O) groups is 1. The Balaban J connectivity index is 2.29. The molecule has 2 rings (SSSR count). The van der Waals surface area contributed by atoms with Gasteiger partial charge < -0.3 is 10.1 Å². The van der Waals surface area contributed by atoms with Crippen molar-refractivity contribution < 1.29 is 17.9 Å². The Morgan fingerprint density at radius 2 is 1.96 bits per heavy atom. The van der Waals surface area contributed by atoms with E-state index in [1.165, 1.54) is 13.2 Å². The van der Waals surface area contributed by atoms with E-state index in [1.54, 1.807) is 19.1 Å². The van der Waals surface area contributed by atoms with Crippen molar-refractivity contribution in [3.05, 3.63) is 58.6 Å². The van der Waals surface area contributed by atoms with E-state index in [2.05, 4.69) is 5.32 Å². The summed E-state index contributed by atoms with van der Waals surface area (Å²) in [6, 6.07) is 11.5. The molecule has 0 aliphatic rings. The average molecular weight is 425 g/mol. The number of anilines is 1. The highest BCUT2D eigenvalue weighted by Gasteiger charge is 2.31. The largest absolute Gasteiger partial charge is 0.495 e. The van der Waals surface area contributed by atoms with Crippen molar-refractivity contribution in [1.29, 1.82) is 0 Å². The van der Waals surface area contributed by atoms with Gasteiger partial charge in [0.25, 0.3) is 0 Å². The number of amides is 1. The molecule has 1 atom stereocenters. The molecule has 2 aromatic rings. The molecule has 2 aromatic carbocycles. The first-order valence-corrected chi connectivity index (χ1v) is 11.1. The molecular formula is C20H25ClN2O4S. The van der Waals surface area contributed by atoms with Crippen molar-refractivity contribution in [2.24, 2.45) is 0 Å². The van der Waals surface area contributed by atoms with E-state index >= 15 is 0 Å². The van der Waals surface area contributed by atoms with Crippen LogP contribution < -0.4 is 14.4 Å². The monoisotopic (exact) mass is 424 g/mol. The number of rotatable bonds is 8. The van der Waals surface area contributed by atoms with Crippen LogP contribution in [0.25, 0.3) is 0 Å². The summed E-state index contributed by atoms with van der Waals surface area (Å²) in [5.41, 5.74) is 2.34. The molecule has 0 aromatic heterocycles. The first-order valence-electron chi connectivity index (χ1n) is 8.83. The zero-order valence-electron chi connectivity index (χ0n) is 16.4. The van der Waals surface area contributed by atoms with Crippen molar-refractivity contribution in [3.8, 4) is 5.75 Å². The van der Waals surface area contributed by atoms with E-state index in [0.29, 0.717) is 24.4 Å². The molecular weight excluding hydrogens is 400 g/mol. The van der Waals surface area contributed by atoms with Crippen molar-refractivity contribution in [1.82, 2.24) is 5.32 Å². The lowest BCUT2D eigenvalue weighted by Crippen LogP contribution is -2.49. The summed E-state index contributed by atoms with van der Waals surface area (Å²) in [6.45, 7) is 4.05. The van der Waals surface area contributed by atoms with Crippen LogP contribution in [0, 0.1) is 6.92 Å². The fraction of sp³-hybridized carbons (Fsp3) is 0.350. The third-order valence-corrected chi connectivity index (χ3v) is 5.74. The molecule has 0 bridgehead atoms. The maximum absolute atomic E-state index is 12.8. The van der Waals surface area contributed by atoms with Gasteiger partial charge in [0.15, 0.2) is 0 Å². The van der Waals surface area contributed by atoms with Crippen molar-refractivity contribution >= 4 is 33.2 Å². The Morgan fingerprint density at radius 1 is 1.25 bits per heavy atom. The number of nitrogens with one attached hydrogen (secondary N) is 1. The molecule has 0 saturated heterocycles. The predicted octanol–water partition coefficient (Wildman–Crippen LogP) is 3.52. The molecule has 8 heteroatoms. The summed E-state index contributed by atoms with van der Waals surface area (Å²) >= 11 is 6.16. The highest BCUT2D eigenvalue weighted by molar-refractivity contribution is 7.92. The van der Waals surface area contributed by atoms with Crippen LogP contribution >= 0.6 is 11.6 Å². The van der Waals surface area contributed by atoms with E-state index in [4.69, 9.17) is 16.3 Å². The molecule has 0 spiro atoms. The second kappa shape index (κ2) is 9.30. The van der Waals surface area contributed by atoms with Gasteiger partial charge in [0.05, 0.1) is 24.1 Å². The number of methoxy groups -OCH3 is 1. The van der Waals surface area contributed by atoms with Gasteiger partial charge in [-0.1, -0.05) is 48.4 Å². The van der Waals surface area contributed by atoms with Crippen LogP contribution in [0.15, 0.2) is 42.5 Å². The number of carbonyl (C=O) groups excluding carboxylic acids is 1. The lowest BCUT2D eigenvalue weighted by molar-refractivity contribution is -0.122. The minimum absolute atomic E-state index is 0.267. The van der Waals surface area contributed by atoms with Gasteiger partial charge in [-0.3, -0.25) is 9.10 Å². The smallest absolute Gasteiger partial charge is 0.244 e. The van der Waals surface area contributed by atoms with Crippen molar-refractivity contribution in [2.75, 3.05) is 17.7 Å². The molecule has 152 valence electrons. The topological polar surface area (TPSA) is 75.7 Å². The lowest BCUT2D eigenvalue weighted by Gasteiger charge is -2.30. The van der Waals surface area contributed by atoms with E-state index in [0.717, 1.165) is 21.7 Å². The van der Waals surface area contributed by atoms with Crippen LogP contribution in [-0.2, 0) is 21.4 Å². The summed E-state index contributed by atoms with van der Waals surface area (Å²) in [5, 5.41) is 3.10. The van der Waals surface area contributed by atoms with Gasteiger partial charge in [-0.15, -0.1) is 0 Å². The quantitative estimate of drug-likeness (QED) is 0.703. The maximum atomic E-state index is 12.8. The zero-order chi connectivity index (χ0) is 20.9. The van der Waals surface area contributed by atoms with Crippen LogP contribution in [0.2, 0.25) is 5.02 Å². The predicted molar refractivity (Wildman–Crippen MR) is 112 cm³/mol. The number of ether oxygens (including phenoxy) is 1. The minimum atomic E-state index is -3.73. The van der Waals surface area contributed by atoms with E-state index in [9.17, 15) is 13.2 Å². The highest BCUT2D eigenvalue weighted by atomic mass is 35.5. The molecule has 0 aliphatic heterocycles. The second-order valence-corrected chi connectivity index (χ2v) is 8.78. The Hall–Kier alpha value is -2.25. The van der Waals surface area contributed by atoms with Crippen LogP contribution in [0.3, 0.4) is 0 Å². The third-order valence-electron chi connectivity index (χ3n) is 4.27. The highest BCUT2D eigenvalue weighted by Crippen LogP contribution is 2.31. The van der Waals surface area contributed by atoms with Gasteiger partial charge >= 0.3 is 0 Å². The molecule has 0 heterocycles. The van der Waals surface area contributed by atoms with Gasteiger partial charge in [-0.25, -0.2) is 8.42 Å². The standard InChI is InChI=1S/C20H25ClN2O4S/c1-5-18(20(24)22-13-15-8-6-7-14(2)11-15)23(28(4,25)26)16-9-10-19(27-3)17(21)12-16/h6-12,18H,5,13H2,1-4H3,(H,22,24)/t18-/m0/s1. The van der Waals surface area contributed by atoms with Gasteiger partial charge in [-0.05, 0) is 37.1 Å². The summed E-state index contributed by atoms with van der Waals surface area (Å²) in [6.07, 6.45) is 1.37. The molecule has 0 aliphatic carbocycles. The summed E-state index contributed by atoms with van der Waals surface area (Å²) < 4.78 is 31.2. The molecule has 0 saturated carbocycles. The second-order valence-electron chi connectivity index (χ2n) is 6.51. The van der Waals surface area contributed by atoms with E-state index in [1.807, 2.05) is 31.2 Å². The van der Waals surface area contributed by atoms with Gasteiger partial charge in [0.2, 0.25) is 15.9 Å². The van der Waals surface area contributed by atoms with Crippen LogP contribution in [-0.4, -0.2) is 33.7 Å². The Labute approximate surface area is 171 Å². The number of aryl methyl sites for hydroxylation is 1. The number of hydrogen-bond donors (Lipinski definition) is 1. The van der Waals surface area contributed by atoms with E-state index in [-0.39, 0.29) is 10.9 Å². The number of sulfonamides is 1. The van der Waals surface area contributed by atoms with Crippen LogP contribution in [0.1, 0.15) is 24.5 Å². The summed E-state index contributed by atoms with van der Waals surface area (Å²) in [7, 11) is -2.25. The number of benzene rings is 2. The van der Waals surface area contributed by atoms with Crippen LogP contribution in [0.4, 0.5) is 5.69 Å². The summed E-state index contributed by atoms with van der Waals surface area (Å²) in [5.74, 6) is 0.0530. The van der Waals surface area contributed by atoms with Crippen molar-refractivity contribution in [3.63, 3.8) is 0 Å². The molecule has 0 fully saturated rings. The normalized spacial score (nSPS) is 12.3. The first kappa shape index (κ1) is 22.0. The van der Waals surface area contributed by atoms with Gasteiger partial charge in [-0.2, -0.15) is 0 Å². The number of nitrogens with zero attached hydrogens (tertiary/aromatic N) is 1. The molecule has 1 amide bonds. The molecule has 28 heavy (non-hydrogen) atoms. The SMILES string of the molecule is CC[C@@H](C(=O)NCc1cccc(C)c1)N(c1ccc(OC)c(Cl)c1)S(C)(=O)=O. The zero-order valence-corrected chi connectivity index (χ0v) is 18.0. The van der Waals surface area contributed by atoms with Gasteiger partial charge in [0.1, 0.15) is 11.8 Å². The molecule has 0 radical (unpaired) electrons. The lowest BCUT2D eigenvalue weighted by atomic mass is 10.1. The summed E-state index contributed by atoms with van der Waals surface area (Å²) in [4.78, 5) is 12.8. The average Bonchev–Trinajstić information content (AvgIpc) is 2.63. The Kier molecular flexibility index (Phi) is 7.32. The fourth-order valence-electron chi connectivity index (χ4n) is 2.98. The third kappa shape index (κ3) is 5.39. The van der Waals surface area contributed by atoms with Gasteiger partial charge in [0, 0.05) is 6.54 Å². The Bertz CT molecular complexity index is 947. The minimum Gasteiger partial charge on any atom is -0.495 e. The number of hydrogen-bond acceptors (Lipinski definition) is 4. The van der Waals surface area contributed by atoms with Crippen molar-refractivity contribution in [2.45, 2.75) is 32.9 Å². The maximum Gasteiger partial charge on any atom is 0.244 e.